The molecule has 1 unspecified atom stereocenters. The first-order valence-corrected chi connectivity index (χ1v) is 6.87. The molecule has 0 radical (unpaired) electrons. The normalized spacial score (nSPS) is 12.2. The topological polar surface area (TPSA) is 47.3 Å². The summed E-state index contributed by atoms with van der Waals surface area (Å²) < 4.78 is 6.29. The van der Waals surface area contributed by atoms with E-state index in [-0.39, 0.29) is 6.04 Å². The minimum Gasteiger partial charge on any atom is -0.497 e. The lowest BCUT2D eigenvalue weighted by Gasteiger charge is -2.18. The molecule has 2 aromatic rings. The molecule has 0 bridgehead atoms. The molecule has 19 heavy (non-hydrogen) atoms. The van der Waals surface area contributed by atoms with E-state index in [1.165, 1.54) is 5.56 Å². The van der Waals surface area contributed by atoms with Gasteiger partial charge in [-0.25, -0.2) is 0 Å². The molecule has 0 fully saturated rings. The zero-order chi connectivity index (χ0) is 13.7. The van der Waals surface area contributed by atoms with Crippen LogP contribution in [0.15, 0.2) is 53.0 Å². The van der Waals surface area contributed by atoms with Gasteiger partial charge in [-0.2, -0.15) is 0 Å². The van der Waals surface area contributed by atoms with Gasteiger partial charge in [-0.1, -0.05) is 46.3 Å². The molecule has 2 rings (SSSR count). The third-order valence-corrected chi connectivity index (χ3v) is 3.78. The highest BCUT2D eigenvalue weighted by atomic mass is 79.9. The number of hydrazine groups is 1. The largest absolute Gasteiger partial charge is 0.497 e. The first kappa shape index (κ1) is 14.1. The van der Waals surface area contributed by atoms with Gasteiger partial charge in [0.15, 0.2) is 0 Å². The van der Waals surface area contributed by atoms with Crippen LogP contribution in [0.1, 0.15) is 17.2 Å². The first-order chi connectivity index (χ1) is 9.24. The number of hydrogen-bond acceptors (Lipinski definition) is 3. The van der Waals surface area contributed by atoms with E-state index in [4.69, 9.17) is 10.6 Å². The lowest BCUT2D eigenvalue weighted by Crippen LogP contribution is -2.29. The average Bonchev–Trinajstić information content (AvgIpc) is 2.46. The number of ether oxygens (including phenoxy) is 1. The van der Waals surface area contributed by atoms with Crippen molar-refractivity contribution in [2.24, 2.45) is 5.84 Å². The molecular formula is C15H17BrN2O. The molecule has 0 heterocycles. The highest BCUT2D eigenvalue weighted by Crippen LogP contribution is 2.26. The second-order valence-electron chi connectivity index (χ2n) is 4.30. The number of benzene rings is 2. The van der Waals surface area contributed by atoms with E-state index in [9.17, 15) is 0 Å². The summed E-state index contributed by atoms with van der Waals surface area (Å²) in [7, 11) is 1.67. The van der Waals surface area contributed by atoms with E-state index < -0.39 is 0 Å². The second-order valence-corrected chi connectivity index (χ2v) is 5.15. The maximum Gasteiger partial charge on any atom is 0.119 e. The van der Waals surface area contributed by atoms with E-state index in [2.05, 4.69) is 33.5 Å². The predicted molar refractivity (Wildman–Crippen MR) is 80.9 cm³/mol. The van der Waals surface area contributed by atoms with Crippen molar-refractivity contribution in [1.29, 1.82) is 0 Å². The van der Waals surface area contributed by atoms with Crippen molar-refractivity contribution in [3.05, 3.63) is 64.1 Å². The Hall–Kier alpha value is -1.36. The first-order valence-electron chi connectivity index (χ1n) is 6.08. The molecule has 3 N–H and O–H groups in total. The minimum absolute atomic E-state index is 0.0580. The number of rotatable bonds is 5. The van der Waals surface area contributed by atoms with Crippen LogP contribution in [-0.4, -0.2) is 7.11 Å². The molecule has 0 spiro atoms. The molecule has 100 valence electrons. The van der Waals surface area contributed by atoms with Crippen molar-refractivity contribution < 1.29 is 4.74 Å². The lowest BCUT2D eigenvalue weighted by atomic mass is 9.99. The van der Waals surface area contributed by atoms with Gasteiger partial charge >= 0.3 is 0 Å². The van der Waals surface area contributed by atoms with Crippen LogP contribution in [0.4, 0.5) is 0 Å². The Kier molecular flexibility index (Phi) is 4.96. The zero-order valence-electron chi connectivity index (χ0n) is 10.8. The minimum atomic E-state index is 0.0580. The van der Waals surface area contributed by atoms with Gasteiger partial charge in [0.05, 0.1) is 13.2 Å². The molecule has 2 aromatic carbocycles. The van der Waals surface area contributed by atoms with Crippen LogP contribution in [0.5, 0.6) is 5.75 Å². The fourth-order valence-electron chi connectivity index (χ4n) is 2.05. The summed E-state index contributed by atoms with van der Waals surface area (Å²) in [5.41, 5.74) is 5.20. The zero-order valence-corrected chi connectivity index (χ0v) is 12.4. The molecule has 0 saturated heterocycles. The number of halogens is 1. The maximum absolute atomic E-state index is 5.69. The van der Waals surface area contributed by atoms with Gasteiger partial charge in [0.2, 0.25) is 0 Å². The van der Waals surface area contributed by atoms with Crippen LogP contribution in [0.2, 0.25) is 0 Å². The molecule has 0 aliphatic carbocycles. The van der Waals surface area contributed by atoms with Gasteiger partial charge in [-0.3, -0.25) is 11.3 Å². The summed E-state index contributed by atoms with van der Waals surface area (Å²) in [5, 5.41) is 0. The molecule has 0 amide bonds. The third kappa shape index (κ3) is 3.56. The van der Waals surface area contributed by atoms with Crippen molar-refractivity contribution >= 4 is 15.9 Å². The highest BCUT2D eigenvalue weighted by molar-refractivity contribution is 9.10. The monoisotopic (exact) mass is 320 g/mol. The molecule has 0 aromatic heterocycles. The SMILES string of the molecule is COc1cccc(CC(NN)c2ccccc2Br)c1. The Balaban J connectivity index is 2.21. The molecule has 3 nitrogen and oxygen atoms in total. The van der Waals surface area contributed by atoms with E-state index in [0.29, 0.717) is 0 Å². The lowest BCUT2D eigenvalue weighted by molar-refractivity contribution is 0.414. The molecule has 1 atom stereocenters. The molecule has 0 aliphatic rings. The summed E-state index contributed by atoms with van der Waals surface area (Å²) >= 11 is 3.56. The quantitative estimate of drug-likeness (QED) is 0.657. The Bertz CT molecular complexity index is 545. The number of hydrogen-bond donors (Lipinski definition) is 2. The fourth-order valence-corrected chi connectivity index (χ4v) is 2.61. The van der Waals surface area contributed by atoms with Gasteiger partial charge in [0, 0.05) is 4.47 Å². The van der Waals surface area contributed by atoms with E-state index in [1.807, 2.05) is 36.4 Å². The van der Waals surface area contributed by atoms with E-state index in [0.717, 1.165) is 22.2 Å². The summed E-state index contributed by atoms with van der Waals surface area (Å²) in [6, 6.07) is 16.2. The maximum atomic E-state index is 5.69. The standard InChI is InChI=1S/C15H17BrN2O/c1-19-12-6-4-5-11(9-12)10-15(18-17)13-7-2-3-8-14(13)16/h2-9,15,18H,10,17H2,1H3. The van der Waals surface area contributed by atoms with Crippen LogP contribution in [0.25, 0.3) is 0 Å². The van der Waals surface area contributed by atoms with Crippen molar-refractivity contribution in [2.45, 2.75) is 12.5 Å². The number of nitrogens with one attached hydrogen (secondary N) is 1. The van der Waals surface area contributed by atoms with Crippen LogP contribution >= 0.6 is 15.9 Å². The summed E-state index contributed by atoms with van der Waals surface area (Å²) in [5.74, 6) is 6.55. The van der Waals surface area contributed by atoms with E-state index in [1.54, 1.807) is 7.11 Å². The summed E-state index contributed by atoms with van der Waals surface area (Å²) in [6.07, 6.45) is 0.802. The Morgan fingerprint density at radius 2 is 2.00 bits per heavy atom. The Labute approximate surface area is 121 Å². The van der Waals surface area contributed by atoms with Gasteiger partial charge < -0.3 is 4.74 Å². The van der Waals surface area contributed by atoms with Crippen LogP contribution in [-0.2, 0) is 6.42 Å². The molecule has 4 heteroatoms. The second kappa shape index (κ2) is 6.70. The molecule has 0 saturated carbocycles. The van der Waals surface area contributed by atoms with Crippen LogP contribution < -0.4 is 16.0 Å². The molecular weight excluding hydrogens is 304 g/mol. The summed E-state index contributed by atoms with van der Waals surface area (Å²) in [6.45, 7) is 0. The average molecular weight is 321 g/mol. The van der Waals surface area contributed by atoms with Crippen molar-refractivity contribution in [3.8, 4) is 5.75 Å². The predicted octanol–water partition coefficient (Wildman–Crippen LogP) is 3.20. The smallest absolute Gasteiger partial charge is 0.119 e. The molecule has 0 aliphatic heterocycles. The van der Waals surface area contributed by atoms with Crippen LogP contribution in [0.3, 0.4) is 0 Å². The number of nitrogens with two attached hydrogens (primary N) is 1. The Morgan fingerprint density at radius 1 is 1.21 bits per heavy atom. The van der Waals surface area contributed by atoms with Crippen molar-refractivity contribution in [2.75, 3.05) is 7.11 Å². The highest BCUT2D eigenvalue weighted by Gasteiger charge is 2.13. The van der Waals surface area contributed by atoms with E-state index >= 15 is 0 Å². The van der Waals surface area contributed by atoms with Crippen molar-refractivity contribution in [1.82, 2.24) is 5.43 Å². The van der Waals surface area contributed by atoms with Crippen molar-refractivity contribution in [3.63, 3.8) is 0 Å². The van der Waals surface area contributed by atoms with Crippen LogP contribution in [0, 0.1) is 0 Å². The van der Waals surface area contributed by atoms with Gasteiger partial charge in [-0.05, 0) is 35.7 Å². The fraction of sp³-hybridized carbons (Fsp3) is 0.200. The van der Waals surface area contributed by atoms with Gasteiger partial charge in [-0.15, -0.1) is 0 Å². The van der Waals surface area contributed by atoms with Gasteiger partial charge in [0.25, 0.3) is 0 Å². The summed E-state index contributed by atoms with van der Waals surface area (Å²) in [4.78, 5) is 0. The Morgan fingerprint density at radius 3 is 2.68 bits per heavy atom. The third-order valence-electron chi connectivity index (χ3n) is 3.06. The number of methoxy groups -OCH3 is 1. The van der Waals surface area contributed by atoms with Gasteiger partial charge in [0.1, 0.15) is 5.75 Å².